The number of aldehydes is 1. The highest BCUT2D eigenvalue weighted by molar-refractivity contribution is 5.69. The summed E-state index contributed by atoms with van der Waals surface area (Å²) in [5, 5.41) is 3.87. The highest BCUT2D eigenvalue weighted by atomic mass is 16.5. The molecule has 84 valence electrons. The van der Waals surface area contributed by atoms with E-state index in [9.17, 15) is 4.79 Å². The zero-order valence-corrected chi connectivity index (χ0v) is 8.79. The van der Waals surface area contributed by atoms with Gasteiger partial charge in [0.25, 0.3) is 0 Å². The SMILES string of the molecule is COCc1cc(Cn2ccnc2C=O)no1. The maximum absolute atomic E-state index is 10.6. The molecule has 2 rings (SSSR count). The quantitative estimate of drug-likeness (QED) is 0.701. The van der Waals surface area contributed by atoms with E-state index in [1.807, 2.05) is 0 Å². The topological polar surface area (TPSA) is 70.2 Å². The molecular weight excluding hydrogens is 210 g/mol. The van der Waals surface area contributed by atoms with Crippen LogP contribution in [0, 0.1) is 0 Å². The highest BCUT2D eigenvalue weighted by Crippen LogP contribution is 2.07. The molecule has 0 radical (unpaired) electrons. The van der Waals surface area contributed by atoms with Gasteiger partial charge in [-0.15, -0.1) is 0 Å². The van der Waals surface area contributed by atoms with Gasteiger partial charge in [-0.3, -0.25) is 4.79 Å². The molecule has 6 nitrogen and oxygen atoms in total. The summed E-state index contributed by atoms with van der Waals surface area (Å²) < 4.78 is 11.6. The molecule has 0 amide bonds. The van der Waals surface area contributed by atoms with Gasteiger partial charge in [-0.1, -0.05) is 5.16 Å². The van der Waals surface area contributed by atoms with Gasteiger partial charge >= 0.3 is 0 Å². The molecule has 0 bridgehead atoms. The van der Waals surface area contributed by atoms with E-state index in [1.54, 1.807) is 30.1 Å². The van der Waals surface area contributed by atoms with Crippen LogP contribution in [0.5, 0.6) is 0 Å². The number of methoxy groups -OCH3 is 1. The van der Waals surface area contributed by atoms with Crippen LogP contribution < -0.4 is 0 Å². The van der Waals surface area contributed by atoms with Crippen LogP contribution in [-0.4, -0.2) is 28.1 Å². The predicted molar refractivity (Wildman–Crippen MR) is 53.9 cm³/mol. The lowest BCUT2D eigenvalue weighted by atomic mass is 10.3. The molecule has 0 aromatic carbocycles. The number of carbonyl (C=O) groups is 1. The molecule has 0 aliphatic heterocycles. The van der Waals surface area contributed by atoms with Gasteiger partial charge in [0.15, 0.2) is 17.9 Å². The Hall–Kier alpha value is -1.95. The average Bonchev–Trinajstić information content (AvgIpc) is 2.89. The molecule has 0 aliphatic rings. The molecular formula is C10H11N3O3. The standard InChI is InChI=1S/C10H11N3O3/c1-15-7-9-4-8(12-16-9)5-13-3-2-11-10(13)6-14/h2-4,6H,5,7H2,1H3. The second-order valence-electron chi connectivity index (χ2n) is 3.25. The van der Waals surface area contributed by atoms with Crippen molar-refractivity contribution >= 4 is 6.29 Å². The Morgan fingerprint density at radius 1 is 1.62 bits per heavy atom. The number of carbonyl (C=O) groups excluding carboxylic acids is 1. The summed E-state index contributed by atoms with van der Waals surface area (Å²) in [4.78, 5) is 14.5. The second-order valence-corrected chi connectivity index (χ2v) is 3.25. The number of ether oxygens (including phenoxy) is 1. The van der Waals surface area contributed by atoms with Crippen molar-refractivity contribution in [1.29, 1.82) is 0 Å². The van der Waals surface area contributed by atoms with Crippen LogP contribution in [0.4, 0.5) is 0 Å². The van der Waals surface area contributed by atoms with E-state index in [1.165, 1.54) is 0 Å². The number of rotatable bonds is 5. The number of hydrogen-bond acceptors (Lipinski definition) is 5. The molecule has 0 saturated carbocycles. The highest BCUT2D eigenvalue weighted by Gasteiger charge is 2.07. The summed E-state index contributed by atoms with van der Waals surface area (Å²) in [6, 6.07) is 1.79. The fraction of sp³-hybridized carbons (Fsp3) is 0.300. The molecule has 2 aromatic rings. The second kappa shape index (κ2) is 4.71. The fourth-order valence-electron chi connectivity index (χ4n) is 1.39. The molecule has 6 heteroatoms. The van der Waals surface area contributed by atoms with Gasteiger partial charge in [0.1, 0.15) is 12.3 Å². The molecule has 2 heterocycles. The Kier molecular flexibility index (Phi) is 3.11. The van der Waals surface area contributed by atoms with E-state index in [0.29, 0.717) is 31.0 Å². The van der Waals surface area contributed by atoms with Crippen LogP contribution in [0.1, 0.15) is 22.1 Å². The summed E-state index contributed by atoms with van der Waals surface area (Å²) in [6.45, 7) is 0.846. The molecule has 0 aliphatic carbocycles. The lowest BCUT2D eigenvalue weighted by Gasteiger charge is -1.98. The summed E-state index contributed by atoms with van der Waals surface area (Å²) in [5.41, 5.74) is 0.730. The number of nitrogens with zero attached hydrogens (tertiary/aromatic N) is 3. The fourth-order valence-corrected chi connectivity index (χ4v) is 1.39. The minimum atomic E-state index is 0.372. The van der Waals surface area contributed by atoms with Gasteiger partial charge in [0.2, 0.25) is 0 Å². The van der Waals surface area contributed by atoms with Crippen molar-refractivity contribution in [2.75, 3.05) is 7.11 Å². The van der Waals surface area contributed by atoms with E-state index >= 15 is 0 Å². The predicted octanol–water partition coefficient (Wildman–Crippen LogP) is 0.878. The van der Waals surface area contributed by atoms with Crippen molar-refractivity contribution in [1.82, 2.24) is 14.7 Å². The number of aromatic nitrogens is 3. The van der Waals surface area contributed by atoms with Gasteiger partial charge < -0.3 is 13.8 Å². The number of hydrogen-bond donors (Lipinski definition) is 0. The van der Waals surface area contributed by atoms with E-state index in [2.05, 4.69) is 10.1 Å². The first kappa shape index (κ1) is 10.6. The molecule has 2 aromatic heterocycles. The van der Waals surface area contributed by atoms with E-state index < -0.39 is 0 Å². The Balaban J connectivity index is 2.11. The summed E-state index contributed by atoms with van der Waals surface area (Å²) in [5.74, 6) is 1.03. The molecule has 0 spiro atoms. The third-order valence-corrected chi connectivity index (χ3v) is 2.08. The first-order chi connectivity index (χ1) is 7.83. The minimum absolute atomic E-state index is 0.372. The maximum atomic E-state index is 10.6. The van der Waals surface area contributed by atoms with Crippen molar-refractivity contribution in [3.05, 3.63) is 35.7 Å². The largest absolute Gasteiger partial charge is 0.377 e. The van der Waals surface area contributed by atoms with Gasteiger partial charge in [-0.2, -0.15) is 0 Å². The van der Waals surface area contributed by atoms with E-state index in [4.69, 9.17) is 9.26 Å². The third kappa shape index (κ3) is 2.17. The lowest BCUT2D eigenvalue weighted by molar-refractivity contribution is 0.111. The number of imidazole rings is 1. The Bertz CT molecular complexity index is 475. The van der Waals surface area contributed by atoms with Gasteiger partial charge in [-0.05, 0) is 0 Å². The molecule has 0 N–H and O–H groups in total. The van der Waals surface area contributed by atoms with Crippen molar-refractivity contribution < 1.29 is 14.1 Å². The Labute approximate surface area is 91.8 Å². The molecule has 0 atom stereocenters. The first-order valence-corrected chi connectivity index (χ1v) is 4.73. The van der Waals surface area contributed by atoms with Crippen LogP contribution in [-0.2, 0) is 17.9 Å². The molecule has 16 heavy (non-hydrogen) atoms. The maximum Gasteiger partial charge on any atom is 0.185 e. The monoisotopic (exact) mass is 221 g/mol. The van der Waals surface area contributed by atoms with Gasteiger partial charge in [0.05, 0.1) is 6.54 Å². The van der Waals surface area contributed by atoms with Gasteiger partial charge in [0, 0.05) is 25.6 Å². The average molecular weight is 221 g/mol. The smallest absolute Gasteiger partial charge is 0.185 e. The van der Waals surface area contributed by atoms with Crippen LogP contribution in [0.25, 0.3) is 0 Å². The van der Waals surface area contributed by atoms with Crippen LogP contribution in [0.2, 0.25) is 0 Å². The van der Waals surface area contributed by atoms with Gasteiger partial charge in [-0.25, -0.2) is 4.98 Å². The zero-order chi connectivity index (χ0) is 11.4. The Morgan fingerprint density at radius 3 is 3.25 bits per heavy atom. The first-order valence-electron chi connectivity index (χ1n) is 4.73. The normalized spacial score (nSPS) is 10.6. The summed E-state index contributed by atoms with van der Waals surface area (Å²) >= 11 is 0. The van der Waals surface area contributed by atoms with Crippen molar-refractivity contribution in [3.8, 4) is 0 Å². The summed E-state index contributed by atoms with van der Waals surface area (Å²) in [7, 11) is 1.59. The van der Waals surface area contributed by atoms with E-state index in [0.717, 1.165) is 5.69 Å². The lowest BCUT2D eigenvalue weighted by Crippen LogP contribution is -2.03. The molecule has 0 saturated heterocycles. The third-order valence-electron chi connectivity index (χ3n) is 2.08. The van der Waals surface area contributed by atoms with Crippen LogP contribution in [0.3, 0.4) is 0 Å². The van der Waals surface area contributed by atoms with Crippen molar-refractivity contribution in [2.24, 2.45) is 0 Å². The van der Waals surface area contributed by atoms with Crippen molar-refractivity contribution in [3.63, 3.8) is 0 Å². The molecule has 0 unspecified atom stereocenters. The van der Waals surface area contributed by atoms with E-state index in [-0.39, 0.29) is 0 Å². The zero-order valence-electron chi connectivity index (χ0n) is 8.79. The molecule has 0 fully saturated rings. The summed E-state index contributed by atoms with van der Waals surface area (Å²) in [6.07, 6.45) is 3.99. The van der Waals surface area contributed by atoms with Crippen LogP contribution in [0.15, 0.2) is 23.0 Å². The van der Waals surface area contributed by atoms with Crippen LogP contribution >= 0.6 is 0 Å². The Morgan fingerprint density at radius 2 is 2.50 bits per heavy atom. The van der Waals surface area contributed by atoms with Crippen molar-refractivity contribution in [2.45, 2.75) is 13.2 Å². The minimum Gasteiger partial charge on any atom is -0.377 e.